The number of carbonyl (C=O) groups excluding carboxylic acids is 2. The summed E-state index contributed by atoms with van der Waals surface area (Å²) >= 11 is 1.48. The van der Waals surface area contributed by atoms with Crippen LogP contribution in [0, 0.1) is 0 Å². The average Bonchev–Trinajstić information content (AvgIpc) is 3.25. The SMILES string of the molecule is CC(=O)c1ccc(-c2ccc(C(=O)NCCC3CCCN3C)cc2)s1. The highest BCUT2D eigenvalue weighted by Crippen LogP contribution is 2.28. The third-order valence-corrected chi connectivity index (χ3v) is 6.05. The van der Waals surface area contributed by atoms with Crippen LogP contribution in [0.5, 0.6) is 0 Å². The maximum atomic E-state index is 12.3. The molecule has 1 N–H and O–H groups in total. The minimum atomic E-state index is -0.0252. The molecule has 1 aromatic heterocycles. The van der Waals surface area contributed by atoms with Crippen molar-refractivity contribution in [3.8, 4) is 10.4 Å². The highest BCUT2D eigenvalue weighted by molar-refractivity contribution is 7.17. The second-order valence-electron chi connectivity index (χ2n) is 6.62. The molecular formula is C20H24N2O2S. The van der Waals surface area contributed by atoms with Gasteiger partial charge >= 0.3 is 0 Å². The summed E-state index contributed by atoms with van der Waals surface area (Å²) in [6.07, 6.45) is 3.48. The molecule has 1 aliphatic heterocycles. The van der Waals surface area contributed by atoms with Gasteiger partial charge in [0.15, 0.2) is 5.78 Å². The summed E-state index contributed by atoms with van der Waals surface area (Å²) < 4.78 is 0. The van der Waals surface area contributed by atoms with Crippen LogP contribution in [0.3, 0.4) is 0 Å². The van der Waals surface area contributed by atoms with E-state index in [1.807, 2.05) is 36.4 Å². The smallest absolute Gasteiger partial charge is 0.251 e. The van der Waals surface area contributed by atoms with E-state index in [4.69, 9.17) is 0 Å². The van der Waals surface area contributed by atoms with Crippen molar-refractivity contribution in [2.24, 2.45) is 0 Å². The molecule has 0 spiro atoms. The Bertz CT molecular complexity index is 751. The van der Waals surface area contributed by atoms with Gasteiger partial charge in [0.1, 0.15) is 0 Å². The molecule has 1 aliphatic rings. The van der Waals surface area contributed by atoms with Gasteiger partial charge in [0.05, 0.1) is 4.88 Å². The number of benzene rings is 1. The van der Waals surface area contributed by atoms with Crippen LogP contribution in [-0.4, -0.2) is 42.8 Å². The molecule has 132 valence electrons. The summed E-state index contributed by atoms with van der Waals surface area (Å²) in [5.74, 6) is 0.0583. The quantitative estimate of drug-likeness (QED) is 0.800. The van der Waals surface area contributed by atoms with Crippen LogP contribution in [0.4, 0.5) is 0 Å². The van der Waals surface area contributed by atoms with E-state index < -0.39 is 0 Å². The number of hydrogen-bond acceptors (Lipinski definition) is 4. The van der Waals surface area contributed by atoms with Crippen molar-refractivity contribution >= 4 is 23.0 Å². The van der Waals surface area contributed by atoms with Gasteiger partial charge < -0.3 is 10.2 Å². The second kappa shape index (κ2) is 7.93. The predicted octanol–water partition coefficient (Wildman–Crippen LogP) is 3.83. The molecule has 5 heteroatoms. The predicted molar refractivity (Wildman–Crippen MR) is 102 cm³/mol. The minimum Gasteiger partial charge on any atom is -0.352 e. The largest absolute Gasteiger partial charge is 0.352 e. The Morgan fingerprint density at radius 2 is 1.96 bits per heavy atom. The molecule has 1 atom stereocenters. The molecule has 25 heavy (non-hydrogen) atoms. The van der Waals surface area contributed by atoms with E-state index in [2.05, 4.69) is 17.3 Å². The van der Waals surface area contributed by atoms with Crippen molar-refractivity contribution in [1.29, 1.82) is 0 Å². The van der Waals surface area contributed by atoms with Gasteiger partial charge in [-0.3, -0.25) is 9.59 Å². The fourth-order valence-electron chi connectivity index (χ4n) is 3.27. The maximum absolute atomic E-state index is 12.3. The van der Waals surface area contributed by atoms with Gasteiger partial charge in [-0.2, -0.15) is 0 Å². The number of hydrogen-bond donors (Lipinski definition) is 1. The van der Waals surface area contributed by atoms with Gasteiger partial charge in [0.2, 0.25) is 0 Å². The van der Waals surface area contributed by atoms with Crippen molar-refractivity contribution in [1.82, 2.24) is 10.2 Å². The van der Waals surface area contributed by atoms with Gasteiger partial charge in [-0.25, -0.2) is 0 Å². The first-order valence-corrected chi connectivity index (χ1v) is 9.56. The molecule has 1 saturated heterocycles. The average molecular weight is 356 g/mol. The monoisotopic (exact) mass is 356 g/mol. The number of carbonyl (C=O) groups is 2. The van der Waals surface area contributed by atoms with E-state index in [-0.39, 0.29) is 11.7 Å². The number of nitrogens with one attached hydrogen (secondary N) is 1. The Kier molecular flexibility index (Phi) is 5.66. The molecular weight excluding hydrogens is 332 g/mol. The molecule has 0 bridgehead atoms. The third-order valence-electron chi connectivity index (χ3n) is 4.82. The van der Waals surface area contributed by atoms with Crippen LogP contribution >= 0.6 is 11.3 Å². The Labute approximate surface area is 152 Å². The molecule has 4 nitrogen and oxygen atoms in total. The second-order valence-corrected chi connectivity index (χ2v) is 7.70. The molecule has 1 unspecified atom stereocenters. The third kappa shape index (κ3) is 4.35. The number of ketones is 1. The molecule has 1 fully saturated rings. The van der Waals surface area contributed by atoms with Crippen molar-refractivity contribution in [2.75, 3.05) is 20.1 Å². The Balaban J connectivity index is 1.55. The summed E-state index contributed by atoms with van der Waals surface area (Å²) in [7, 11) is 2.15. The number of rotatable bonds is 6. The molecule has 2 aromatic rings. The zero-order valence-electron chi connectivity index (χ0n) is 14.7. The summed E-state index contributed by atoms with van der Waals surface area (Å²) in [4.78, 5) is 27.9. The van der Waals surface area contributed by atoms with Crippen LogP contribution in [0.2, 0.25) is 0 Å². The molecule has 2 heterocycles. The Hall–Kier alpha value is -1.98. The van der Waals surface area contributed by atoms with E-state index in [1.165, 1.54) is 24.2 Å². The molecule has 0 radical (unpaired) electrons. The van der Waals surface area contributed by atoms with Crippen LogP contribution in [0.1, 0.15) is 46.2 Å². The van der Waals surface area contributed by atoms with E-state index in [1.54, 1.807) is 6.92 Å². The lowest BCUT2D eigenvalue weighted by atomic mass is 10.1. The summed E-state index contributed by atoms with van der Waals surface area (Å²) in [6.45, 7) is 3.45. The topological polar surface area (TPSA) is 49.4 Å². The van der Waals surface area contributed by atoms with Gasteiger partial charge in [-0.05, 0) is 69.6 Å². The fourth-order valence-corrected chi connectivity index (χ4v) is 4.17. The maximum Gasteiger partial charge on any atom is 0.251 e. The number of nitrogens with zero attached hydrogens (tertiary/aromatic N) is 1. The highest BCUT2D eigenvalue weighted by Gasteiger charge is 2.20. The van der Waals surface area contributed by atoms with Crippen molar-refractivity contribution in [3.05, 3.63) is 46.8 Å². The van der Waals surface area contributed by atoms with E-state index >= 15 is 0 Å². The minimum absolute atomic E-state index is 0.0252. The molecule has 1 amide bonds. The number of amides is 1. The Morgan fingerprint density at radius 3 is 2.56 bits per heavy atom. The normalized spacial score (nSPS) is 17.6. The summed E-state index contributed by atoms with van der Waals surface area (Å²) in [5, 5.41) is 3.02. The Morgan fingerprint density at radius 1 is 1.20 bits per heavy atom. The van der Waals surface area contributed by atoms with Crippen molar-refractivity contribution in [2.45, 2.75) is 32.2 Å². The van der Waals surface area contributed by atoms with Crippen LogP contribution < -0.4 is 5.32 Å². The first kappa shape index (κ1) is 17.8. The van der Waals surface area contributed by atoms with Crippen LogP contribution in [-0.2, 0) is 0 Å². The standard InChI is InChI=1S/C20H24N2O2S/c1-14(23)18-9-10-19(25-18)15-5-7-16(8-6-15)20(24)21-12-11-17-4-3-13-22(17)2/h5-10,17H,3-4,11-13H2,1-2H3,(H,21,24). The number of likely N-dealkylation sites (tertiary alicyclic amines) is 1. The van der Waals surface area contributed by atoms with Crippen molar-refractivity contribution in [3.63, 3.8) is 0 Å². The summed E-state index contributed by atoms with van der Waals surface area (Å²) in [6, 6.07) is 12.0. The lowest BCUT2D eigenvalue weighted by molar-refractivity contribution is 0.0949. The first-order valence-electron chi connectivity index (χ1n) is 8.74. The van der Waals surface area contributed by atoms with Gasteiger partial charge in [-0.15, -0.1) is 11.3 Å². The molecule has 1 aromatic carbocycles. The first-order chi connectivity index (χ1) is 12.0. The fraction of sp³-hybridized carbons (Fsp3) is 0.400. The van der Waals surface area contributed by atoms with Gasteiger partial charge in [0.25, 0.3) is 5.91 Å². The molecule has 3 rings (SSSR count). The van der Waals surface area contributed by atoms with Crippen LogP contribution in [0.25, 0.3) is 10.4 Å². The number of Topliss-reactive ketones (excluding diaryl/α,β-unsaturated/α-hetero) is 1. The zero-order chi connectivity index (χ0) is 17.8. The summed E-state index contributed by atoms with van der Waals surface area (Å²) in [5.41, 5.74) is 1.70. The van der Waals surface area contributed by atoms with E-state index in [9.17, 15) is 9.59 Å². The van der Waals surface area contributed by atoms with E-state index in [0.717, 1.165) is 28.3 Å². The molecule has 0 saturated carbocycles. The van der Waals surface area contributed by atoms with Gasteiger partial charge in [0, 0.05) is 23.0 Å². The van der Waals surface area contributed by atoms with Crippen LogP contribution in [0.15, 0.2) is 36.4 Å². The van der Waals surface area contributed by atoms with Crippen molar-refractivity contribution < 1.29 is 9.59 Å². The van der Waals surface area contributed by atoms with Gasteiger partial charge in [-0.1, -0.05) is 12.1 Å². The zero-order valence-corrected chi connectivity index (χ0v) is 15.6. The molecule has 0 aliphatic carbocycles. The lowest BCUT2D eigenvalue weighted by Crippen LogP contribution is -2.31. The van der Waals surface area contributed by atoms with E-state index in [0.29, 0.717) is 18.2 Å². The highest BCUT2D eigenvalue weighted by atomic mass is 32.1. The lowest BCUT2D eigenvalue weighted by Gasteiger charge is -2.19. The number of thiophene rings is 1.